The summed E-state index contributed by atoms with van der Waals surface area (Å²) in [5.74, 6) is 1.89. The number of hydrogen-bond donors (Lipinski definition) is 1. The fourth-order valence-corrected chi connectivity index (χ4v) is 2.82. The highest BCUT2D eigenvalue weighted by atomic mass is 16.5. The van der Waals surface area contributed by atoms with E-state index in [-0.39, 0.29) is 0 Å². The molecule has 1 aliphatic heterocycles. The maximum absolute atomic E-state index is 5.63. The summed E-state index contributed by atoms with van der Waals surface area (Å²) < 4.78 is 5.63. The van der Waals surface area contributed by atoms with E-state index < -0.39 is 0 Å². The molecule has 0 aromatic carbocycles. The van der Waals surface area contributed by atoms with E-state index in [2.05, 4.69) is 31.1 Å². The third-order valence-electron chi connectivity index (χ3n) is 4.16. The van der Waals surface area contributed by atoms with Gasteiger partial charge in [-0.2, -0.15) is 0 Å². The molecule has 1 saturated heterocycles. The van der Waals surface area contributed by atoms with Crippen molar-refractivity contribution < 1.29 is 4.74 Å². The Morgan fingerprint density at radius 2 is 2.19 bits per heavy atom. The fourth-order valence-electron chi connectivity index (χ4n) is 2.82. The molecule has 4 unspecified atom stereocenters. The minimum atomic E-state index is 0.571. The van der Waals surface area contributed by atoms with Gasteiger partial charge in [0.2, 0.25) is 0 Å². The average Bonchev–Trinajstić information content (AvgIpc) is 2.95. The summed E-state index contributed by atoms with van der Waals surface area (Å²) in [6, 6.07) is 1.19. The molecular formula is C13H26N2O. The molecule has 3 nitrogen and oxygen atoms in total. The summed E-state index contributed by atoms with van der Waals surface area (Å²) in [7, 11) is 2.26. The van der Waals surface area contributed by atoms with Crippen molar-refractivity contribution in [2.75, 3.05) is 33.4 Å². The van der Waals surface area contributed by atoms with Gasteiger partial charge in [0.05, 0.1) is 6.61 Å². The number of rotatable bonds is 5. The van der Waals surface area contributed by atoms with Crippen molar-refractivity contribution in [1.29, 1.82) is 0 Å². The van der Waals surface area contributed by atoms with Gasteiger partial charge in [-0.25, -0.2) is 0 Å². The molecule has 2 rings (SSSR count). The summed E-state index contributed by atoms with van der Waals surface area (Å²) in [5.41, 5.74) is 0. The largest absolute Gasteiger partial charge is 0.380 e. The average molecular weight is 226 g/mol. The number of likely N-dealkylation sites (N-methyl/N-ethyl adjacent to an activating group) is 2. The Morgan fingerprint density at radius 1 is 1.44 bits per heavy atom. The van der Waals surface area contributed by atoms with E-state index in [4.69, 9.17) is 4.74 Å². The Labute approximate surface area is 99.5 Å². The molecule has 1 aliphatic carbocycles. The van der Waals surface area contributed by atoms with Gasteiger partial charge in [-0.1, -0.05) is 13.8 Å². The summed E-state index contributed by atoms with van der Waals surface area (Å²) >= 11 is 0. The van der Waals surface area contributed by atoms with E-state index in [1.54, 1.807) is 0 Å². The highest BCUT2D eigenvalue weighted by Crippen LogP contribution is 2.38. The Morgan fingerprint density at radius 3 is 2.81 bits per heavy atom. The van der Waals surface area contributed by atoms with Crippen molar-refractivity contribution in [2.24, 2.45) is 11.8 Å². The molecule has 1 heterocycles. The number of nitrogens with one attached hydrogen (secondary N) is 1. The van der Waals surface area contributed by atoms with Crippen LogP contribution in [0.3, 0.4) is 0 Å². The summed E-state index contributed by atoms with van der Waals surface area (Å²) in [6.07, 6.45) is 2.58. The van der Waals surface area contributed by atoms with Crippen molar-refractivity contribution in [2.45, 2.75) is 38.8 Å². The monoisotopic (exact) mass is 226 g/mol. The van der Waals surface area contributed by atoms with Crippen LogP contribution in [0.1, 0.15) is 26.7 Å². The molecule has 16 heavy (non-hydrogen) atoms. The SMILES string of the molecule is CCNC1CCOCC1N(C)CC1CC1C. The van der Waals surface area contributed by atoms with Crippen molar-refractivity contribution in [1.82, 2.24) is 10.2 Å². The molecule has 1 N–H and O–H groups in total. The lowest BCUT2D eigenvalue weighted by molar-refractivity contribution is 0.00477. The molecule has 2 fully saturated rings. The van der Waals surface area contributed by atoms with Crippen LogP contribution in [0.2, 0.25) is 0 Å². The molecule has 0 spiro atoms. The van der Waals surface area contributed by atoms with Crippen LogP contribution < -0.4 is 5.32 Å². The van der Waals surface area contributed by atoms with Crippen molar-refractivity contribution in [3.05, 3.63) is 0 Å². The zero-order chi connectivity index (χ0) is 11.5. The lowest BCUT2D eigenvalue weighted by atomic mass is 10.0. The van der Waals surface area contributed by atoms with Crippen LogP contribution in [-0.2, 0) is 4.74 Å². The molecule has 0 radical (unpaired) electrons. The van der Waals surface area contributed by atoms with Crippen LogP contribution in [-0.4, -0.2) is 50.3 Å². The fraction of sp³-hybridized carbons (Fsp3) is 1.00. The van der Waals surface area contributed by atoms with E-state index >= 15 is 0 Å². The van der Waals surface area contributed by atoms with Crippen LogP contribution >= 0.6 is 0 Å². The Kier molecular flexibility index (Phi) is 4.22. The Bertz CT molecular complexity index is 220. The molecule has 1 saturated carbocycles. The third kappa shape index (κ3) is 2.96. The molecule has 4 atom stereocenters. The van der Waals surface area contributed by atoms with Crippen LogP contribution in [0.5, 0.6) is 0 Å². The number of hydrogen-bond acceptors (Lipinski definition) is 3. The predicted molar refractivity (Wildman–Crippen MR) is 66.6 cm³/mol. The van der Waals surface area contributed by atoms with Crippen LogP contribution in [0, 0.1) is 11.8 Å². The van der Waals surface area contributed by atoms with Gasteiger partial charge in [-0.3, -0.25) is 4.90 Å². The van der Waals surface area contributed by atoms with E-state index in [1.165, 1.54) is 13.0 Å². The second-order valence-corrected chi connectivity index (χ2v) is 5.51. The maximum Gasteiger partial charge on any atom is 0.0636 e. The van der Waals surface area contributed by atoms with Gasteiger partial charge in [0.15, 0.2) is 0 Å². The first-order valence-electron chi connectivity index (χ1n) is 6.73. The summed E-state index contributed by atoms with van der Waals surface area (Å²) in [6.45, 7) is 8.68. The van der Waals surface area contributed by atoms with Crippen LogP contribution in [0.15, 0.2) is 0 Å². The molecule has 0 bridgehead atoms. The second-order valence-electron chi connectivity index (χ2n) is 5.51. The zero-order valence-electron chi connectivity index (χ0n) is 10.9. The first kappa shape index (κ1) is 12.3. The zero-order valence-corrected chi connectivity index (χ0v) is 10.9. The van der Waals surface area contributed by atoms with Gasteiger partial charge in [-0.15, -0.1) is 0 Å². The van der Waals surface area contributed by atoms with Crippen molar-refractivity contribution in [3.8, 4) is 0 Å². The second kappa shape index (κ2) is 5.48. The first-order valence-corrected chi connectivity index (χ1v) is 6.73. The molecule has 94 valence electrons. The van der Waals surface area contributed by atoms with Gasteiger partial charge in [0.25, 0.3) is 0 Å². The number of ether oxygens (including phenoxy) is 1. The minimum absolute atomic E-state index is 0.571. The molecule has 2 aliphatic rings. The topological polar surface area (TPSA) is 24.5 Å². The summed E-state index contributed by atoms with van der Waals surface area (Å²) in [5, 5.41) is 3.60. The quantitative estimate of drug-likeness (QED) is 0.765. The standard InChI is InChI=1S/C13H26N2O/c1-4-14-12-5-6-16-9-13(12)15(3)8-11-7-10(11)2/h10-14H,4-9H2,1-3H3. The van der Waals surface area contributed by atoms with E-state index in [9.17, 15) is 0 Å². The molecule has 0 aromatic heterocycles. The van der Waals surface area contributed by atoms with E-state index in [0.29, 0.717) is 12.1 Å². The van der Waals surface area contributed by atoms with Crippen LogP contribution in [0.25, 0.3) is 0 Å². The molecule has 0 amide bonds. The molecular weight excluding hydrogens is 200 g/mol. The first-order chi connectivity index (χ1) is 7.72. The van der Waals surface area contributed by atoms with Gasteiger partial charge < -0.3 is 10.1 Å². The summed E-state index contributed by atoms with van der Waals surface area (Å²) in [4.78, 5) is 2.51. The van der Waals surface area contributed by atoms with Gasteiger partial charge in [0, 0.05) is 25.2 Å². The molecule has 3 heteroatoms. The molecule has 0 aromatic rings. The third-order valence-corrected chi connectivity index (χ3v) is 4.16. The highest BCUT2D eigenvalue weighted by molar-refractivity contribution is 4.90. The van der Waals surface area contributed by atoms with Crippen molar-refractivity contribution >= 4 is 0 Å². The predicted octanol–water partition coefficient (Wildman–Crippen LogP) is 1.34. The lowest BCUT2D eigenvalue weighted by Crippen LogP contribution is -2.54. The van der Waals surface area contributed by atoms with Gasteiger partial charge in [-0.05, 0) is 38.3 Å². The highest BCUT2D eigenvalue weighted by Gasteiger charge is 2.36. The maximum atomic E-state index is 5.63. The Hall–Kier alpha value is -0.120. The van der Waals surface area contributed by atoms with Crippen LogP contribution in [0.4, 0.5) is 0 Å². The van der Waals surface area contributed by atoms with Gasteiger partial charge in [0.1, 0.15) is 0 Å². The van der Waals surface area contributed by atoms with E-state index in [0.717, 1.165) is 38.0 Å². The van der Waals surface area contributed by atoms with E-state index in [1.807, 2.05) is 0 Å². The smallest absolute Gasteiger partial charge is 0.0636 e. The van der Waals surface area contributed by atoms with Gasteiger partial charge >= 0.3 is 0 Å². The van der Waals surface area contributed by atoms with Crippen molar-refractivity contribution in [3.63, 3.8) is 0 Å². The minimum Gasteiger partial charge on any atom is -0.380 e. The Balaban J connectivity index is 1.83. The lowest BCUT2D eigenvalue weighted by Gasteiger charge is -2.38. The number of nitrogens with zero attached hydrogens (tertiary/aromatic N) is 1. The normalized spacial score (nSPS) is 39.0.